The number of nitro groups is 1. The molecule has 2 heterocycles. The van der Waals surface area contributed by atoms with Gasteiger partial charge in [0.2, 0.25) is 11.6 Å². The molecule has 0 spiro atoms. The average molecular weight is 368 g/mol. The van der Waals surface area contributed by atoms with Crippen molar-refractivity contribution in [3.8, 4) is 34.3 Å². The van der Waals surface area contributed by atoms with E-state index in [2.05, 4.69) is 15.1 Å². The van der Waals surface area contributed by atoms with Crippen LogP contribution in [0.2, 0.25) is 0 Å². The zero-order chi connectivity index (χ0) is 19.1. The lowest BCUT2D eigenvalue weighted by molar-refractivity contribution is -0.385. The maximum absolute atomic E-state index is 13.1. The Morgan fingerprint density at radius 1 is 1.23 bits per heavy atom. The van der Waals surface area contributed by atoms with Crippen molar-refractivity contribution >= 4 is 5.69 Å². The first-order valence-electron chi connectivity index (χ1n) is 6.74. The fourth-order valence-corrected chi connectivity index (χ4v) is 2.14. The molecule has 1 aromatic carbocycles. The van der Waals surface area contributed by atoms with Crippen molar-refractivity contribution in [2.75, 3.05) is 0 Å². The summed E-state index contributed by atoms with van der Waals surface area (Å²) in [4.78, 5) is 17.3. The van der Waals surface area contributed by atoms with Crippen molar-refractivity contribution in [3.63, 3.8) is 0 Å². The smallest absolute Gasteiger partial charge is 0.417 e. The van der Waals surface area contributed by atoms with Gasteiger partial charge in [-0.05, 0) is 12.1 Å². The molecule has 0 saturated heterocycles. The molecule has 0 atom stereocenters. The molecule has 0 aliphatic rings. The number of halogens is 3. The molecule has 0 aliphatic heterocycles. The van der Waals surface area contributed by atoms with Gasteiger partial charge in [-0.25, -0.2) is 0 Å². The minimum absolute atomic E-state index is 0.164. The van der Waals surface area contributed by atoms with E-state index in [0.29, 0.717) is 0 Å². The molecule has 0 bridgehead atoms. The van der Waals surface area contributed by atoms with E-state index < -0.39 is 51.1 Å². The summed E-state index contributed by atoms with van der Waals surface area (Å²) in [6.07, 6.45) is -2.84. The van der Waals surface area contributed by atoms with Crippen molar-refractivity contribution in [2.45, 2.75) is 6.18 Å². The minimum atomic E-state index is -4.69. The quantitative estimate of drug-likeness (QED) is 0.409. The highest BCUT2D eigenvalue weighted by atomic mass is 19.4. The number of aromatic hydroxyl groups is 2. The topological polar surface area (TPSA) is 135 Å². The van der Waals surface area contributed by atoms with Crippen LogP contribution < -0.4 is 0 Å². The first-order chi connectivity index (χ1) is 12.2. The maximum atomic E-state index is 13.1. The second-order valence-corrected chi connectivity index (χ2v) is 4.96. The van der Waals surface area contributed by atoms with Crippen molar-refractivity contribution in [2.24, 2.45) is 0 Å². The molecular formula is C14H7F3N4O5. The van der Waals surface area contributed by atoms with Gasteiger partial charge in [0.15, 0.2) is 5.75 Å². The molecule has 3 rings (SSSR count). The van der Waals surface area contributed by atoms with Gasteiger partial charge in [0.05, 0.1) is 21.6 Å². The second-order valence-electron chi connectivity index (χ2n) is 4.96. The number of aromatic nitrogens is 3. The Morgan fingerprint density at radius 3 is 2.62 bits per heavy atom. The first-order valence-corrected chi connectivity index (χ1v) is 6.74. The number of nitro benzene ring substituents is 1. The second kappa shape index (κ2) is 5.98. The van der Waals surface area contributed by atoms with Crippen molar-refractivity contribution in [1.82, 2.24) is 15.1 Å². The summed E-state index contributed by atoms with van der Waals surface area (Å²) in [6.45, 7) is 0. The lowest BCUT2D eigenvalue weighted by Gasteiger charge is -2.08. The zero-order valence-electron chi connectivity index (χ0n) is 12.4. The van der Waals surface area contributed by atoms with Crippen LogP contribution in [0.4, 0.5) is 18.9 Å². The Kier molecular flexibility index (Phi) is 3.94. The molecule has 0 fully saturated rings. The van der Waals surface area contributed by atoms with Gasteiger partial charge in [-0.1, -0.05) is 5.16 Å². The summed E-state index contributed by atoms with van der Waals surface area (Å²) in [5.41, 5.74) is -2.49. The predicted octanol–water partition coefficient (Wildman–Crippen LogP) is 3.14. The van der Waals surface area contributed by atoms with Crippen LogP contribution in [0.3, 0.4) is 0 Å². The van der Waals surface area contributed by atoms with Gasteiger partial charge >= 0.3 is 11.9 Å². The van der Waals surface area contributed by atoms with Crippen LogP contribution in [0, 0.1) is 10.1 Å². The van der Waals surface area contributed by atoms with E-state index in [9.17, 15) is 33.5 Å². The Balaban J connectivity index is 2.09. The van der Waals surface area contributed by atoms with Crippen LogP contribution in [0.15, 0.2) is 35.1 Å². The summed E-state index contributed by atoms with van der Waals surface area (Å²) in [6, 6.07) is 2.47. The number of benzene rings is 1. The lowest BCUT2D eigenvalue weighted by atomic mass is 10.1. The summed E-state index contributed by atoms with van der Waals surface area (Å²) in [7, 11) is 0. The molecule has 2 N–H and O–H groups in total. The van der Waals surface area contributed by atoms with E-state index in [4.69, 9.17) is 4.52 Å². The number of pyridine rings is 1. The Labute approximate surface area is 141 Å². The number of phenolic OH excluding ortho intramolecular Hbond substituents is 2. The summed E-state index contributed by atoms with van der Waals surface area (Å²) < 4.78 is 44.0. The van der Waals surface area contributed by atoms with E-state index in [1.165, 1.54) is 0 Å². The van der Waals surface area contributed by atoms with Gasteiger partial charge in [-0.3, -0.25) is 15.1 Å². The van der Waals surface area contributed by atoms with E-state index in [0.717, 1.165) is 30.6 Å². The fourth-order valence-electron chi connectivity index (χ4n) is 2.14. The Bertz CT molecular complexity index is 1000. The third kappa shape index (κ3) is 2.99. The van der Waals surface area contributed by atoms with E-state index in [1.54, 1.807) is 0 Å². The monoisotopic (exact) mass is 368 g/mol. The molecule has 2 aromatic heterocycles. The standard InChI is InChI=1S/C14H7F3N4O5/c15-14(16,17)8-1-2-18-5-7(8)12-19-13(26-20-12)6-3-9(21(24)25)11(23)10(22)4-6/h1-5,22-23H. The summed E-state index contributed by atoms with van der Waals surface area (Å²) in [5, 5.41) is 33.3. The van der Waals surface area contributed by atoms with Crippen LogP contribution >= 0.6 is 0 Å². The third-order valence-electron chi connectivity index (χ3n) is 3.31. The van der Waals surface area contributed by atoms with Crippen molar-refractivity contribution < 1.29 is 32.8 Å². The highest BCUT2D eigenvalue weighted by Gasteiger charge is 2.35. The highest BCUT2D eigenvalue weighted by Crippen LogP contribution is 2.40. The molecule has 0 unspecified atom stereocenters. The van der Waals surface area contributed by atoms with Gasteiger partial charge in [0, 0.05) is 18.5 Å². The average Bonchev–Trinajstić information content (AvgIpc) is 3.06. The van der Waals surface area contributed by atoms with E-state index >= 15 is 0 Å². The molecule has 0 saturated carbocycles. The normalized spacial score (nSPS) is 11.5. The molecule has 0 radical (unpaired) electrons. The van der Waals surface area contributed by atoms with Gasteiger partial charge < -0.3 is 14.7 Å². The van der Waals surface area contributed by atoms with E-state index in [-0.39, 0.29) is 5.56 Å². The number of phenols is 2. The van der Waals surface area contributed by atoms with Crippen LogP contribution in [0.5, 0.6) is 11.5 Å². The first kappa shape index (κ1) is 17.1. The lowest BCUT2D eigenvalue weighted by Crippen LogP contribution is -2.07. The number of rotatable bonds is 3. The largest absolute Gasteiger partial charge is 0.504 e. The van der Waals surface area contributed by atoms with Crippen LogP contribution in [0.25, 0.3) is 22.8 Å². The number of hydrogen-bond acceptors (Lipinski definition) is 8. The Morgan fingerprint density at radius 2 is 1.96 bits per heavy atom. The van der Waals surface area contributed by atoms with E-state index in [1.807, 2.05) is 0 Å². The molecule has 134 valence electrons. The SMILES string of the molecule is O=[N+]([O-])c1cc(-c2nc(-c3cnccc3C(F)(F)F)no2)cc(O)c1O. The van der Waals surface area contributed by atoms with Crippen molar-refractivity contribution in [3.05, 3.63) is 46.3 Å². The van der Waals surface area contributed by atoms with Crippen LogP contribution in [-0.2, 0) is 6.18 Å². The van der Waals surface area contributed by atoms with Crippen LogP contribution in [-0.4, -0.2) is 30.3 Å². The molecule has 0 aliphatic carbocycles. The molecule has 12 heteroatoms. The third-order valence-corrected chi connectivity index (χ3v) is 3.31. The van der Waals surface area contributed by atoms with Crippen LogP contribution in [0.1, 0.15) is 5.56 Å². The number of alkyl halides is 3. The molecule has 26 heavy (non-hydrogen) atoms. The van der Waals surface area contributed by atoms with Gasteiger partial charge in [0.1, 0.15) is 0 Å². The van der Waals surface area contributed by atoms with Crippen molar-refractivity contribution in [1.29, 1.82) is 0 Å². The minimum Gasteiger partial charge on any atom is -0.504 e. The summed E-state index contributed by atoms with van der Waals surface area (Å²) >= 11 is 0. The molecular weight excluding hydrogens is 361 g/mol. The fraction of sp³-hybridized carbons (Fsp3) is 0.0714. The van der Waals surface area contributed by atoms with Gasteiger partial charge in [0.25, 0.3) is 5.89 Å². The Hall–Kier alpha value is -3.70. The number of hydrogen-bond donors (Lipinski definition) is 2. The zero-order valence-corrected chi connectivity index (χ0v) is 12.4. The predicted molar refractivity (Wildman–Crippen MR) is 78.0 cm³/mol. The van der Waals surface area contributed by atoms with Gasteiger partial charge in [-0.15, -0.1) is 0 Å². The molecule has 3 aromatic rings. The summed E-state index contributed by atoms with van der Waals surface area (Å²) in [5.74, 6) is -2.64. The maximum Gasteiger partial charge on any atom is 0.417 e. The molecule has 9 nitrogen and oxygen atoms in total. The highest BCUT2D eigenvalue weighted by molar-refractivity contribution is 5.69. The number of nitrogens with zero attached hydrogens (tertiary/aromatic N) is 4. The molecule has 0 amide bonds. The van der Waals surface area contributed by atoms with Gasteiger partial charge in [-0.2, -0.15) is 18.2 Å².